The van der Waals surface area contributed by atoms with Crippen LogP contribution in [0, 0.1) is 11.8 Å². The summed E-state index contributed by atoms with van der Waals surface area (Å²) in [5, 5.41) is 0. The first-order chi connectivity index (χ1) is 6.81. The van der Waals surface area contributed by atoms with Crippen LogP contribution in [0.1, 0.15) is 33.6 Å². The molecule has 0 radical (unpaired) electrons. The summed E-state index contributed by atoms with van der Waals surface area (Å²) in [7, 11) is 0. The molecule has 0 aromatic heterocycles. The van der Waals surface area contributed by atoms with Crippen LogP contribution in [-0.4, -0.2) is 13.2 Å². The van der Waals surface area contributed by atoms with Crippen molar-refractivity contribution in [2.45, 2.75) is 33.6 Å². The predicted octanol–water partition coefficient (Wildman–Crippen LogP) is 3.57. The molecule has 0 aliphatic heterocycles. The van der Waals surface area contributed by atoms with Crippen molar-refractivity contribution < 1.29 is 4.74 Å². The third kappa shape index (κ3) is 2.98. The molecule has 2 aliphatic carbocycles. The van der Waals surface area contributed by atoms with E-state index in [1.807, 2.05) is 13.8 Å². The highest BCUT2D eigenvalue weighted by Crippen LogP contribution is 2.42. The van der Waals surface area contributed by atoms with Gasteiger partial charge >= 0.3 is 0 Å². The molecule has 1 fully saturated rings. The highest BCUT2D eigenvalue weighted by Gasteiger charge is 2.29. The quantitative estimate of drug-likeness (QED) is 0.611. The summed E-state index contributed by atoms with van der Waals surface area (Å²) in [5.74, 6) is 1.74. The average molecular weight is 194 g/mol. The van der Waals surface area contributed by atoms with E-state index in [0.717, 1.165) is 25.0 Å². The SMILES string of the molecule is CC=C1CC2C=CC1C2.CCOCC. The number of ether oxygens (including phenoxy) is 1. The fourth-order valence-electron chi connectivity index (χ4n) is 2.19. The molecule has 0 aromatic rings. The average Bonchev–Trinajstić information content (AvgIpc) is 2.80. The van der Waals surface area contributed by atoms with E-state index in [9.17, 15) is 0 Å². The topological polar surface area (TPSA) is 9.23 Å². The van der Waals surface area contributed by atoms with E-state index in [1.54, 1.807) is 5.57 Å². The van der Waals surface area contributed by atoms with Gasteiger partial charge in [-0.3, -0.25) is 0 Å². The Labute approximate surface area is 87.8 Å². The fourth-order valence-corrected chi connectivity index (χ4v) is 2.19. The zero-order valence-electron chi connectivity index (χ0n) is 9.62. The molecule has 0 saturated heterocycles. The van der Waals surface area contributed by atoms with Crippen molar-refractivity contribution in [2.24, 2.45) is 11.8 Å². The zero-order chi connectivity index (χ0) is 10.4. The van der Waals surface area contributed by atoms with Crippen molar-refractivity contribution >= 4 is 0 Å². The molecular formula is C13H22O. The molecule has 0 N–H and O–H groups in total. The van der Waals surface area contributed by atoms with Gasteiger partial charge in [-0.2, -0.15) is 0 Å². The Balaban J connectivity index is 0.000000171. The summed E-state index contributed by atoms with van der Waals surface area (Å²) in [5.41, 5.74) is 1.67. The second-order valence-corrected chi connectivity index (χ2v) is 3.84. The van der Waals surface area contributed by atoms with Crippen molar-refractivity contribution in [3.63, 3.8) is 0 Å². The van der Waals surface area contributed by atoms with E-state index in [4.69, 9.17) is 4.74 Å². The lowest BCUT2D eigenvalue weighted by atomic mass is 10.0. The molecule has 2 aliphatic rings. The van der Waals surface area contributed by atoms with Gasteiger partial charge in [0.15, 0.2) is 0 Å². The van der Waals surface area contributed by atoms with Crippen molar-refractivity contribution in [1.29, 1.82) is 0 Å². The van der Waals surface area contributed by atoms with Gasteiger partial charge in [0, 0.05) is 13.2 Å². The van der Waals surface area contributed by atoms with Gasteiger partial charge < -0.3 is 4.74 Å². The Morgan fingerprint density at radius 2 is 2.07 bits per heavy atom. The molecule has 0 amide bonds. The summed E-state index contributed by atoms with van der Waals surface area (Å²) < 4.78 is 4.83. The molecule has 1 nitrogen and oxygen atoms in total. The predicted molar refractivity (Wildman–Crippen MR) is 61.3 cm³/mol. The number of hydrogen-bond acceptors (Lipinski definition) is 1. The van der Waals surface area contributed by atoms with E-state index in [2.05, 4.69) is 25.2 Å². The largest absolute Gasteiger partial charge is 0.382 e. The number of hydrogen-bond donors (Lipinski definition) is 0. The van der Waals surface area contributed by atoms with Crippen LogP contribution in [0.15, 0.2) is 23.8 Å². The Bertz CT molecular complexity index is 213. The highest BCUT2D eigenvalue weighted by molar-refractivity contribution is 5.26. The van der Waals surface area contributed by atoms with Crippen molar-refractivity contribution in [3.05, 3.63) is 23.8 Å². The molecule has 2 rings (SSSR count). The smallest absolute Gasteiger partial charge is 0.0437 e. The van der Waals surface area contributed by atoms with E-state index < -0.39 is 0 Å². The maximum Gasteiger partial charge on any atom is 0.0437 e. The van der Waals surface area contributed by atoms with Crippen LogP contribution in [0.4, 0.5) is 0 Å². The normalized spacial score (nSPS) is 30.6. The van der Waals surface area contributed by atoms with Crippen molar-refractivity contribution in [1.82, 2.24) is 0 Å². The Hall–Kier alpha value is -0.560. The molecule has 1 saturated carbocycles. The van der Waals surface area contributed by atoms with Crippen LogP contribution in [-0.2, 0) is 4.74 Å². The molecular weight excluding hydrogens is 172 g/mol. The number of rotatable bonds is 2. The summed E-state index contributed by atoms with van der Waals surface area (Å²) >= 11 is 0. The number of allylic oxidation sites excluding steroid dienone is 4. The highest BCUT2D eigenvalue weighted by atomic mass is 16.5. The van der Waals surface area contributed by atoms with Crippen LogP contribution in [0.5, 0.6) is 0 Å². The van der Waals surface area contributed by atoms with Gasteiger partial charge in [-0.15, -0.1) is 0 Å². The van der Waals surface area contributed by atoms with Gasteiger partial charge in [-0.1, -0.05) is 23.8 Å². The molecule has 0 heterocycles. The summed E-state index contributed by atoms with van der Waals surface area (Å²) in [6.07, 6.45) is 9.77. The van der Waals surface area contributed by atoms with Gasteiger partial charge in [0.05, 0.1) is 0 Å². The van der Waals surface area contributed by atoms with Gasteiger partial charge in [0.25, 0.3) is 0 Å². The van der Waals surface area contributed by atoms with Crippen LogP contribution in [0.3, 0.4) is 0 Å². The minimum Gasteiger partial charge on any atom is -0.382 e. The summed E-state index contributed by atoms with van der Waals surface area (Å²) in [6, 6.07) is 0. The molecule has 1 heteroatoms. The van der Waals surface area contributed by atoms with E-state index in [1.165, 1.54) is 12.8 Å². The van der Waals surface area contributed by atoms with Crippen molar-refractivity contribution in [2.75, 3.05) is 13.2 Å². The second-order valence-electron chi connectivity index (χ2n) is 3.84. The molecule has 14 heavy (non-hydrogen) atoms. The van der Waals surface area contributed by atoms with E-state index >= 15 is 0 Å². The van der Waals surface area contributed by atoms with Gasteiger partial charge in [0.2, 0.25) is 0 Å². The van der Waals surface area contributed by atoms with Gasteiger partial charge in [0.1, 0.15) is 0 Å². The maximum atomic E-state index is 4.83. The molecule has 2 bridgehead atoms. The Kier molecular flexibility index (Phi) is 4.95. The molecule has 80 valence electrons. The minimum atomic E-state index is 0.833. The van der Waals surface area contributed by atoms with E-state index in [-0.39, 0.29) is 0 Å². The van der Waals surface area contributed by atoms with Crippen LogP contribution in [0.25, 0.3) is 0 Å². The lowest BCUT2D eigenvalue weighted by Gasteiger charge is -2.05. The maximum absolute atomic E-state index is 4.83. The lowest BCUT2D eigenvalue weighted by Crippen LogP contribution is -1.90. The molecule has 0 spiro atoms. The Morgan fingerprint density at radius 1 is 1.36 bits per heavy atom. The third-order valence-electron chi connectivity index (χ3n) is 2.93. The van der Waals surface area contributed by atoms with Gasteiger partial charge in [-0.25, -0.2) is 0 Å². The van der Waals surface area contributed by atoms with Crippen LogP contribution >= 0.6 is 0 Å². The fraction of sp³-hybridized carbons (Fsp3) is 0.692. The first-order valence-corrected chi connectivity index (χ1v) is 5.72. The standard InChI is InChI=1S/C9H12.C4H10O/c1-2-8-5-7-3-4-9(8)6-7;1-3-5-4-2/h2-4,7,9H,5-6H2,1H3;3-4H2,1-2H3. The summed E-state index contributed by atoms with van der Waals surface area (Å²) in [6.45, 7) is 7.82. The van der Waals surface area contributed by atoms with Crippen LogP contribution < -0.4 is 0 Å². The first-order valence-electron chi connectivity index (χ1n) is 5.72. The zero-order valence-corrected chi connectivity index (χ0v) is 9.62. The minimum absolute atomic E-state index is 0.833. The van der Waals surface area contributed by atoms with Crippen LogP contribution in [0.2, 0.25) is 0 Å². The van der Waals surface area contributed by atoms with E-state index in [0.29, 0.717) is 0 Å². The third-order valence-corrected chi connectivity index (χ3v) is 2.93. The summed E-state index contributed by atoms with van der Waals surface area (Å²) in [4.78, 5) is 0. The monoisotopic (exact) mass is 194 g/mol. The molecule has 0 aromatic carbocycles. The molecule has 2 atom stereocenters. The second kappa shape index (κ2) is 6.02. The number of fused-ring (bicyclic) bond motifs is 2. The first kappa shape index (κ1) is 11.5. The van der Waals surface area contributed by atoms with Gasteiger partial charge in [-0.05, 0) is 45.4 Å². The molecule has 2 unspecified atom stereocenters. The lowest BCUT2D eigenvalue weighted by molar-refractivity contribution is 0.162. The Morgan fingerprint density at radius 3 is 2.29 bits per heavy atom. The van der Waals surface area contributed by atoms with Crippen molar-refractivity contribution in [3.8, 4) is 0 Å².